The molecule has 2 heterocycles. The first kappa shape index (κ1) is 13.1. The van der Waals surface area contributed by atoms with Crippen LogP contribution in [-0.2, 0) is 4.79 Å². The monoisotopic (exact) mass is 293 g/mol. The van der Waals surface area contributed by atoms with E-state index in [9.17, 15) is 14.0 Å². The predicted molar refractivity (Wildman–Crippen MR) is 73.4 cm³/mol. The van der Waals surface area contributed by atoms with Gasteiger partial charge in [0.25, 0.3) is 5.91 Å². The maximum absolute atomic E-state index is 13.1. The van der Waals surface area contributed by atoms with Crippen LogP contribution in [0.3, 0.4) is 0 Å². The molecule has 0 aliphatic carbocycles. The summed E-state index contributed by atoms with van der Waals surface area (Å²) in [7, 11) is 0. The van der Waals surface area contributed by atoms with E-state index < -0.39 is 11.9 Å². The number of hydrogen-bond acceptors (Lipinski definition) is 3. The molecule has 20 heavy (non-hydrogen) atoms. The highest BCUT2D eigenvalue weighted by Gasteiger charge is 2.31. The van der Waals surface area contributed by atoms with E-state index in [1.807, 2.05) is 0 Å². The lowest BCUT2D eigenvalue weighted by Crippen LogP contribution is -2.29. The molecular formula is C14H12FNO3S. The molecule has 2 aromatic rings. The van der Waals surface area contributed by atoms with Gasteiger partial charge >= 0.3 is 5.97 Å². The van der Waals surface area contributed by atoms with E-state index in [2.05, 4.69) is 0 Å². The van der Waals surface area contributed by atoms with Crippen molar-refractivity contribution in [3.05, 3.63) is 35.0 Å². The van der Waals surface area contributed by atoms with Gasteiger partial charge in [-0.2, -0.15) is 0 Å². The van der Waals surface area contributed by atoms with Gasteiger partial charge < -0.3 is 10.0 Å². The Hall–Kier alpha value is -1.95. The van der Waals surface area contributed by atoms with Crippen LogP contribution < -0.4 is 0 Å². The van der Waals surface area contributed by atoms with E-state index in [-0.39, 0.29) is 18.3 Å². The van der Waals surface area contributed by atoms with Crippen molar-refractivity contribution >= 4 is 33.3 Å². The number of likely N-dealkylation sites (tertiary alicyclic amines) is 1. The largest absolute Gasteiger partial charge is 0.481 e. The summed E-state index contributed by atoms with van der Waals surface area (Å²) in [6, 6.07) is 6.08. The number of carbonyl (C=O) groups excluding carboxylic acids is 1. The molecule has 1 aromatic heterocycles. The number of nitrogens with zero attached hydrogens (tertiary/aromatic N) is 1. The summed E-state index contributed by atoms with van der Waals surface area (Å²) in [4.78, 5) is 25.3. The van der Waals surface area contributed by atoms with Gasteiger partial charge in [-0.05, 0) is 36.1 Å². The van der Waals surface area contributed by atoms with Crippen molar-refractivity contribution in [2.45, 2.75) is 6.42 Å². The molecular weight excluding hydrogens is 281 g/mol. The third-order valence-electron chi connectivity index (χ3n) is 3.51. The first-order chi connectivity index (χ1) is 9.54. The topological polar surface area (TPSA) is 57.6 Å². The molecule has 1 aliphatic rings. The van der Waals surface area contributed by atoms with Crippen LogP contribution in [0.5, 0.6) is 0 Å². The first-order valence-electron chi connectivity index (χ1n) is 6.26. The van der Waals surface area contributed by atoms with Crippen molar-refractivity contribution in [1.82, 2.24) is 4.90 Å². The number of carboxylic acid groups (broad SMARTS) is 1. The average molecular weight is 293 g/mol. The second kappa shape index (κ2) is 4.86. The minimum absolute atomic E-state index is 0.171. The molecule has 1 N–H and O–H groups in total. The molecule has 3 rings (SSSR count). The van der Waals surface area contributed by atoms with Crippen LogP contribution in [0.4, 0.5) is 4.39 Å². The Labute approximate surface area is 118 Å². The summed E-state index contributed by atoms with van der Waals surface area (Å²) in [6.45, 7) is 0.704. The van der Waals surface area contributed by atoms with Gasteiger partial charge in [0.05, 0.1) is 10.8 Å². The predicted octanol–water partition coefficient (Wildman–Crippen LogP) is 2.59. The van der Waals surface area contributed by atoms with E-state index >= 15 is 0 Å². The van der Waals surface area contributed by atoms with E-state index in [0.717, 1.165) is 4.70 Å². The van der Waals surface area contributed by atoms with Gasteiger partial charge in [0.1, 0.15) is 5.82 Å². The summed E-state index contributed by atoms with van der Waals surface area (Å²) >= 11 is 1.31. The Kier molecular flexibility index (Phi) is 3.17. The van der Waals surface area contributed by atoms with E-state index in [1.54, 1.807) is 17.0 Å². The Balaban J connectivity index is 1.84. The lowest BCUT2D eigenvalue weighted by atomic mass is 10.1. The van der Waals surface area contributed by atoms with Crippen molar-refractivity contribution in [2.75, 3.05) is 13.1 Å². The normalized spacial score (nSPS) is 18.6. The number of aliphatic carboxylic acids is 1. The third-order valence-corrected chi connectivity index (χ3v) is 4.62. The van der Waals surface area contributed by atoms with E-state index in [0.29, 0.717) is 23.2 Å². The van der Waals surface area contributed by atoms with Crippen molar-refractivity contribution in [3.63, 3.8) is 0 Å². The highest BCUT2D eigenvalue weighted by atomic mass is 32.1. The highest BCUT2D eigenvalue weighted by molar-refractivity contribution is 7.20. The number of hydrogen-bond donors (Lipinski definition) is 1. The van der Waals surface area contributed by atoms with Crippen LogP contribution >= 0.6 is 11.3 Å². The standard InChI is InChI=1S/C14H12FNO3S/c15-10-1-2-11-9(5-10)6-12(20-11)13(17)16-4-3-8(7-16)14(18)19/h1-2,5-6,8H,3-4,7H2,(H,18,19). The molecule has 1 saturated heterocycles. The zero-order valence-corrected chi connectivity index (χ0v) is 11.3. The van der Waals surface area contributed by atoms with Gasteiger partial charge in [-0.25, -0.2) is 4.39 Å². The average Bonchev–Trinajstić information content (AvgIpc) is 3.03. The molecule has 0 saturated carbocycles. The van der Waals surface area contributed by atoms with Crippen molar-refractivity contribution in [2.24, 2.45) is 5.92 Å². The Bertz CT molecular complexity index is 697. The molecule has 1 amide bonds. The molecule has 1 fully saturated rings. The number of halogens is 1. The summed E-state index contributed by atoms with van der Waals surface area (Å²) < 4.78 is 14.0. The summed E-state index contributed by atoms with van der Waals surface area (Å²) in [6.07, 6.45) is 0.487. The first-order valence-corrected chi connectivity index (χ1v) is 7.07. The number of benzene rings is 1. The van der Waals surface area contributed by atoms with Crippen molar-refractivity contribution in [1.29, 1.82) is 0 Å². The minimum Gasteiger partial charge on any atom is -0.481 e. The van der Waals surface area contributed by atoms with Gasteiger partial charge in [-0.15, -0.1) is 11.3 Å². The van der Waals surface area contributed by atoms with Crippen LogP contribution in [0.2, 0.25) is 0 Å². The number of carboxylic acids is 1. The van der Waals surface area contributed by atoms with Crippen LogP contribution in [-0.4, -0.2) is 35.0 Å². The smallest absolute Gasteiger partial charge is 0.308 e. The van der Waals surface area contributed by atoms with Crippen LogP contribution in [0, 0.1) is 11.7 Å². The maximum atomic E-state index is 13.1. The fourth-order valence-corrected chi connectivity index (χ4v) is 3.43. The third kappa shape index (κ3) is 2.27. The van der Waals surface area contributed by atoms with E-state index in [4.69, 9.17) is 5.11 Å². The lowest BCUT2D eigenvalue weighted by molar-refractivity contribution is -0.141. The summed E-state index contributed by atoms with van der Waals surface area (Å²) in [5, 5.41) is 9.65. The molecule has 1 aliphatic heterocycles. The molecule has 4 nitrogen and oxygen atoms in total. The Morgan fingerprint density at radius 2 is 2.15 bits per heavy atom. The lowest BCUT2D eigenvalue weighted by Gasteiger charge is -2.14. The summed E-state index contributed by atoms with van der Waals surface area (Å²) in [5.74, 6) is -1.85. The number of amides is 1. The van der Waals surface area contributed by atoms with Crippen LogP contribution in [0.25, 0.3) is 10.1 Å². The highest BCUT2D eigenvalue weighted by Crippen LogP contribution is 2.28. The zero-order chi connectivity index (χ0) is 14.3. The maximum Gasteiger partial charge on any atom is 0.308 e. The van der Waals surface area contributed by atoms with Crippen molar-refractivity contribution in [3.8, 4) is 0 Å². The zero-order valence-electron chi connectivity index (χ0n) is 10.5. The number of fused-ring (bicyclic) bond motifs is 1. The van der Waals surface area contributed by atoms with Crippen LogP contribution in [0.1, 0.15) is 16.1 Å². The van der Waals surface area contributed by atoms with Gasteiger partial charge in [0.2, 0.25) is 0 Å². The van der Waals surface area contributed by atoms with Gasteiger partial charge in [-0.1, -0.05) is 0 Å². The molecule has 104 valence electrons. The van der Waals surface area contributed by atoms with Crippen molar-refractivity contribution < 1.29 is 19.1 Å². The number of thiophene rings is 1. The second-order valence-electron chi connectivity index (χ2n) is 4.87. The Morgan fingerprint density at radius 3 is 2.85 bits per heavy atom. The molecule has 0 spiro atoms. The van der Waals surface area contributed by atoms with Crippen LogP contribution in [0.15, 0.2) is 24.3 Å². The van der Waals surface area contributed by atoms with Gasteiger partial charge in [0, 0.05) is 17.8 Å². The quantitative estimate of drug-likeness (QED) is 0.926. The van der Waals surface area contributed by atoms with E-state index in [1.165, 1.54) is 23.5 Å². The number of rotatable bonds is 2. The minimum atomic E-state index is -0.862. The molecule has 1 atom stereocenters. The molecule has 1 aromatic carbocycles. The molecule has 1 unspecified atom stereocenters. The molecule has 0 radical (unpaired) electrons. The second-order valence-corrected chi connectivity index (χ2v) is 5.95. The summed E-state index contributed by atoms with van der Waals surface area (Å²) in [5.41, 5.74) is 0. The fraction of sp³-hybridized carbons (Fsp3) is 0.286. The molecule has 0 bridgehead atoms. The Morgan fingerprint density at radius 1 is 1.35 bits per heavy atom. The SMILES string of the molecule is O=C(O)C1CCN(C(=O)c2cc3cc(F)ccc3s2)C1. The van der Waals surface area contributed by atoms with Gasteiger partial charge in [0.15, 0.2) is 0 Å². The van der Waals surface area contributed by atoms with Gasteiger partial charge in [-0.3, -0.25) is 9.59 Å². The molecule has 6 heteroatoms. The number of carbonyl (C=O) groups is 2. The fourth-order valence-electron chi connectivity index (χ4n) is 2.42.